The van der Waals surface area contributed by atoms with Crippen LogP contribution in [0.3, 0.4) is 0 Å². The number of rotatable bonds is 7. The number of hydrogen-bond acceptors (Lipinski definition) is 5. The van der Waals surface area contributed by atoms with E-state index in [9.17, 15) is 0 Å². The van der Waals surface area contributed by atoms with Gasteiger partial charge in [0.15, 0.2) is 17.5 Å². The Morgan fingerprint density at radius 1 is 0.300 bits per heavy atom. The van der Waals surface area contributed by atoms with E-state index >= 15 is 0 Å². The van der Waals surface area contributed by atoms with Crippen LogP contribution in [0.5, 0.6) is 0 Å². The number of furan rings is 2. The molecule has 0 radical (unpaired) electrons. The van der Waals surface area contributed by atoms with E-state index in [1.54, 1.807) is 0 Å². The predicted molar refractivity (Wildman–Crippen MR) is 329 cm³/mol. The number of benzene rings is 11. The van der Waals surface area contributed by atoms with Gasteiger partial charge in [0.25, 0.3) is 0 Å². The maximum atomic E-state index is 6.46. The molecule has 378 valence electrons. The van der Waals surface area contributed by atoms with Crippen LogP contribution in [-0.2, 0) is 5.41 Å². The molecule has 80 heavy (non-hydrogen) atoms. The third-order valence-electron chi connectivity index (χ3n) is 16.1. The van der Waals surface area contributed by atoms with Gasteiger partial charge in [-0.15, -0.1) is 0 Å². The summed E-state index contributed by atoms with van der Waals surface area (Å²) >= 11 is 0. The van der Waals surface area contributed by atoms with Crippen LogP contribution in [-0.4, -0.2) is 24.1 Å². The highest BCUT2D eigenvalue weighted by molar-refractivity contribution is 6.14. The van der Waals surface area contributed by atoms with E-state index in [0.717, 1.165) is 116 Å². The van der Waals surface area contributed by atoms with Gasteiger partial charge in [-0.05, 0) is 107 Å². The van der Waals surface area contributed by atoms with Crippen LogP contribution in [0.25, 0.3) is 155 Å². The van der Waals surface area contributed by atoms with Crippen molar-refractivity contribution in [1.29, 1.82) is 0 Å². The number of fused-ring (bicyclic) bond motifs is 12. The third kappa shape index (κ3) is 7.24. The summed E-state index contributed by atoms with van der Waals surface area (Å²) in [6, 6.07) is 86.4. The number of aromatic nitrogens is 5. The Kier molecular flexibility index (Phi) is 10.1. The van der Waals surface area contributed by atoms with Crippen molar-refractivity contribution in [3.8, 4) is 67.8 Å². The fraction of sp³-hybridized carbons (Fsp3) is 0.0548. The van der Waals surface area contributed by atoms with Crippen LogP contribution in [0, 0.1) is 0 Å². The van der Waals surface area contributed by atoms with E-state index in [1.165, 1.54) is 27.1 Å². The predicted octanol–water partition coefficient (Wildman–Crippen LogP) is 19.5. The first kappa shape index (κ1) is 45.8. The van der Waals surface area contributed by atoms with Crippen LogP contribution in [0.1, 0.15) is 26.3 Å². The largest absolute Gasteiger partial charge is 0.456 e. The van der Waals surface area contributed by atoms with E-state index in [1.807, 2.05) is 36.4 Å². The summed E-state index contributed by atoms with van der Waals surface area (Å²) in [4.78, 5) is 16.2. The molecule has 0 aliphatic heterocycles. The molecule has 5 heterocycles. The van der Waals surface area contributed by atoms with E-state index in [2.05, 4.69) is 236 Å². The van der Waals surface area contributed by atoms with Crippen molar-refractivity contribution in [3.63, 3.8) is 0 Å². The minimum absolute atomic E-state index is 0.0740. The summed E-state index contributed by atoms with van der Waals surface area (Å²) in [6.07, 6.45) is 0. The van der Waals surface area contributed by atoms with Crippen LogP contribution < -0.4 is 0 Å². The van der Waals surface area contributed by atoms with E-state index < -0.39 is 0 Å². The highest BCUT2D eigenvalue weighted by Crippen LogP contribution is 2.46. The second-order valence-corrected chi connectivity index (χ2v) is 22.0. The van der Waals surface area contributed by atoms with Gasteiger partial charge in [-0.1, -0.05) is 178 Å². The Morgan fingerprint density at radius 2 is 0.738 bits per heavy atom. The maximum Gasteiger partial charge on any atom is 0.164 e. The lowest BCUT2D eigenvalue weighted by atomic mass is 9.86. The van der Waals surface area contributed by atoms with Crippen LogP contribution >= 0.6 is 0 Å². The zero-order chi connectivity index (χ0) is 53.2. The molecular weight excluding hydrogens is 979 g/mol. The molecule has 0 unspecified atom stereocenters. The maximum absolute atomic E-state index is 6.46. The van der Waals surface area contributed by atoms with Crippen LogP contribution in [0.4, 0.5) is 0 Å². The minimum atomic E-state index is -0.0740. The molecule has 0 N–H and O–H groups in total. The van der Waals surface area contributed by atoms with Gasteiger partial charge in [-0.25, -0.2) is 15.0 Å². The standard InChI is InChI=1S/C73H49N5O2/c1-73(2,3)49-32-37-63-60(42-49)53-36-33-50(77-61-26-14-10-22-51(61)52-23-11-15-27-62(52)77)43-64(53)78(63)69-58(44-18-6-4-7-19-44)38-48(39-59(69)45-20-8-5-9-21-45)72-75-70(46-30-34-56-54-24-12-16-28-65(54)79-67(56)40-46)74-71(76-72)47-31-35-57-55-25-13-17-29-66(55)80-68(57)41-47/h4-43H,1-3H3. The Balaban J connectivity index is 0.988. The van der Waals surface area contributed by atoms with Crippen molar-refractivity contribution in [2.75, 3.05) is 0 Å². The molecule has 0 saturated carbocycles. The van der Waals surface area contributed by atoms with E-state index in [0.29, 0.717) is 17.5 Å². The topological polar surface area (TPSA) is 74.8 Å². The Bertz CT molecular complexity index is 4920. The van der Waals surface area contributed by atoms with Crippen molar-refractivity contribution in [1.82, 2.24) is 24.1 Å². The molecule has 16 aromatic rings. The van der Waals surface area contributed by atoms with Crippen molar-refractivity contribution in [2.24, 2.45) is 0 Å². The summed E-state index contributed by atoms with van der Waals surface area (Å²) < 4.78 is 17.9. The van der Waals surface area contributed by atoms with Gasteiger partial charge in [0.1, 0.15) is 22.3 Å². The number of nitrogens with zero attached hydrogens (tertiary/aromatic N) is 5. The molecule has 0 spiro atoms. The second-order valence-electron chi connectivity index (χ2n) is 22.0. The Hall–Kier alpha value is -10.4. The Labute approximate surface area is 460 Å². The normalized spacial score (nSPS) is 12.2. The fourth-order valence-electron chi connectivity index (χ4n) is 12.2. The minimum Gasteiger partial charge on any atom is -0.456 e. The smallest absolute Gasteiger partial charge is 0.164 e. The average molecular weight is 1030 g/mol. The summed E-state index contributed by atoms with van der Waals surface area (Å²) in [5, 5.41) is 9.01. The van der Waals surface area contributed by atoms with Gasteiger partial charge in [0, 0.05) is 76.6 Å². The van der Waals surface area contributed by atoms with Crippen molar-refractivity contribution in [3.05, 3.63) is 248 Å². The van der Waals surface area contributed by atoms with Gasteiger partial charge in [-0.2, -0.15) is 0 Å². The first-order chi connectivity index (χ1) is 39.3. The SMILES string of the molecule is CC(C)(C)c1ccc2c(c1)c1ccc(-n3c4ccccc4c4ccccc43)cc1n2-c1c(-c2ccccc2)cc(-c2nc(-c3ccc4c(c3)oc3ccccc34)nc(-c3ccc4c(c3)oc3ccccc34)n2)cc1-c1ccccc1. The second kappa shape index (κ2) is 17.6. The van der Waals surface area contributed by atoms with Gasteiger partial charge in [0.05, 0.1) is 27.8 Å². The number of para-hydroxylation sites is 4. The lowest BCUT2D eigenvalue weighted by molar-refractivity contribution is 0.591. The molecule has 5 aromatic heterocycles. The fourth-order valence-corrected chi connectivity index (χ4v) is 12.2. The van der Waals surface area contributed by atoms with Crippen molar-refractivity contribution >= 4 is 87.5 Å². The zero-order valence-electron chi connectivity index (χ0n) is 44.1. The molecule has 0 fully saturated rings. The lowest BCUT2D eigenvalue weighted by Crippen LogP contribution is -2.10. The molecule has 16 rings (SSSR count). The van der Waals surface area contributed by atoms with Crippen LogP contribution in [0.2, 0.25) is 0 Å². The highest BCUT2D eigenvalue weighted by atomic mass is 16.3. The summed E-state index contributed by atoms with van der Waals surface area (Å²) in [7, 11) is 0. The Morgan fingerprint density at radius 3 is 1.27 bits per heavy atom. The first-order valence-corrected chi connectivity index (χ1v) is 27.2. The molecule has 7 nitrogen and oxygen atoms in total. The molecule has 0 amide bonds. The van der Waals surface area contributed by atoms with Crippen molar-refractivity contribution in [2.45, 2.75) is 26.2 Å². The molecule has 7 heteroatoms. The quantitative estimate of drug-likeness (QED) is 0.159. The van der Waals surface area contributed by atoms with Crippen molar-refractivity contribution < 1.29 is 8.83 Å². The van der Waals surface area contributed by atoms with Gasteiger partial charge in [0.2, 0.25) is 0 Å². The molecule has 0 aliphatic rings. The molecule has 0 atom stereocenters. The highest BCUT2D eigenvalue weighted by Gasteiger charge is 2.26. The van der Waals surface area contributed by atoms with E-state index in [4.69, 9.17) is 23.8 Å². The summed E-state index contributed by atoms with van der Waals surface area (Å²) in [6.45, 7) is 6.87. The lowest BCUT2D eigenvalue weighted by Gasteiger charge is -2.22. The molecule has 0 bridgehead atoms. The zero-order valence-corrected chi connectivity index (χ0v) is 44.1. The molecular formula is C73H49N5O2. The third-order valence-corrected chi connectivity index (χ3v) is 16.1. The van der Waals surface area contributed by atoms with Gasteiger partial charge >= 0.3 is 0 Å². The van der Waals surface area contributed by atoms with Crippen LogP contribution in [0.15, 0.2) is 251 Å². The molecule has 11 aromatic carbocycles. The van der Waals surface area contributed by atoms with E-state index in [-0.39, 0.29) is 5.41 Å². The first-order valence-electron chi connectivity index (χ1n) is 27.2. The average Bonchev–Trinajstić information content (AvgIpc) is 4.36. The summed E-state index contributed by atoms with van der Waals surface area (Å²) in [5.74, 6) is 1.59. The summed E-state index contributed by atoms with van der Waals surface area (Å²) in [5.41, 5.74) is 17.7. The van der Waals surface area contributed by atoms with Gasteiger partial charge in [-0.3, -0.25) is 0 Å². The van der Waals surface area contributed by atoms with Gasteiger partial charge < -0.3 is 18.0 Å². The number of hydrogen-bond donors (Lipinski definition) is 0. The monoisotopic (exact) mass is 1030 g/mol. The molecule has 0 saturated heterocycles. The molecule has 0 aliphatic carbocycles.